The molecular formula is C98H141N13O23. The molecular weight excluding hydrogens is 1730 g/mol. The van der Waals surface area contributed by atoms with Crippen LogP contribution in [-0.2, 0) is 105 Å². The van der Waals surface area contributed by atoms with Gasteiger partial charge in [-0.25, -0.2) is 24.2 Å². The van der Waals surface area contributed by atoms with Crippen LogP contribution in [0.5, 0.6) is 0 Å². The number of likely N-dealkylation sites (tertiary alicyclic amines) is 2. The number of ether oxygens (including phenoxy) is 11. The lowest BCUT2D eigenvalue weighted by molar-refractivity contribution is -0.265. The highest BCUT2D eigenvalue weighted by atomic mass is 16.6. The number of allylic oxidation sites excluding steroid dienone is 6. The number of Topliss-reactive ketones (excluding diaryl/α,β-unsaturated/α-hetero) is 3. The van der Waals surface area contributed by atoms with Gasteiger partial charge in [0.05, 0.1) is 116 Å². The van der Waals surface area contributed by atoms with Gasteiger partial charge in [-0.3, -0.25) is 28.8 Å². The molecule has 36 nitrogen and oxygen atoms in total. The number of nitrogens with two attached hydrogens (primary N) is 3. The number of esters is 1. The number of amides is 4. The predicted molar refractivity (Wildman–Crippen MR) is 497 cm³/mol. The molecule has 15 atom stereocenters. The molecule has 1 saturated carbocycles. The Kier molecular flexibility index (Phi) is 39.1. The van der Waals surface area contributed by atoms with E-state index in [0.717, 1.165) is 72.4 Å². The highest BCUT2D eigenvalue weighted by Gasteiger charge is 2.54. The van der Waals surface area contributed by atoms with Crippen LogP contribution < -0.4 is 22.5 Å². The van der Waals surface area contributed by atoms with Crippen LogP contribution in [0.3, 0.4) is 0 Å². The summed E-state index contributed by atoms with van der Waals surface area (Å²) in [5.74, 6) is -8.66. The van der Waals surface area contributed by atoms with E-state index in [4.69, 9.17) is 78.8 Å². The third kappa shape index (κ3) is 28.2. The normalized spacial score (nSPS) is 27.4. The number of fused-ring (bicyclic) bond motifs is 6. The van der Waals surface area contributed by atoms with Crippen molar-refractivity contribution in [2.24, 2.45) is 41.2 Å². The van der Waals surface area contributed by atoms with Gasteiger partial charge in [0.1, 0.15) is 59.6 Å². The fourth-order valence-corrected chi connectivity index (χ4v) is 19.5. The molecule has 6 aliphatic heterocycles. The van der Waals surface area contributed by atoms with Gasteiger partial charge in [0, 0.05) is 108 Å². The van der Waals surface area contributed by atoms with E-state index in [1.165, 1.54) is 32.0 Å². The second-order valence-corrected chi connectivity index (χ2v) is 37.0. The molecule has 5 fully saturated rings. The molecule has 736 valence electrons. The van der Waals surface area contributed by atoms with E-state index in [-0.39, 0.29) is 86.7 Å². The van der Waals surface area contributed by atoms with E-state index < -0.39 is 120 Å². The van der Waals surface area contributed by atoms with Crippen LogP contribution >= 0.6 is 0 Å². The number of aromatic nitrogens is 5. The third-order valence-electron chi connectivity index (χ3n) is 27.4. The molecule has 5 aromatic rings. The second kappa shape index (κ2) is 50.6. The van der Waals surface area contributed by atoms with Gasteiger partial charge in [-0.1, -0.05) is 82.4 Å². The quantitative estimate of drug-likeness (QED) is 0.00930. The number of oxazole rings is 1. The van der Waals surface area contributed by atoms with Gasteiger partial charge in [0.15, 0.2) is 17.0 Å². The number of nitrogens with one attached hydrogen (secondary N) is 1. The van der Waals surface area contributed by atoms with Crippen LogP contribution in [0.1, 0.15) is 167 Å². The lowest BCUT2D eigenvalue weighted by Gasteiger charge is -2.42. The molecule has 9 heterocycles. The van der Waals surface area contributed by atoms with Crippen LogP contribution in [-0.4, -0.2) is 313 Å². The summed E-state index contributed by atoms with van der Waals surface area (Å²) in [5, 5.41) is 43.0. The maximum Gasteiger partial charge on any atom is 0.407 e. The Labute approximate surface area is 784 Å². The van der Waals surface area contributed by atoms with Gasteiger partial charge >= 0.3 is 12.1 Å². The number of methoxy groups -OCH3 is 2. The Hall–Kier alpha value is -9.38. The van der Waals surface area contributed by atoms with Crippen molar-refractivity contribution in [3.8, 4) is 11.3 Å². The molecule has 4 amide bonds. The van der Waals surface area contributed by atoms with Crippen LogP contribution in [0.15, 0.2) is 94.7 Å². The minimum absolute atomic E-state index is 0.00315. The number of ketones is 3. The molecule has 0 spiro atoms. The Balaban J connectivity index is 0.479. The first-order chi connectivity index (χ1) is 64.6. The van der Waals surface area contributed by atoms with Crippen molar-refractivity contribution in [1.29, 1.82) is 0 Å². The highest BCUT2D eigenvalue weighted by molar-refractivity contribution is 6.39. The number of nitrogen functional groups attached to an aromatic ring is 2. The number of hydrogen-bond donors (Lipinski definition) is 7. The number of piperidine rings is 3. The zero-order chi connectivity index (χ0) is 95.5. The molecule has 0 radical (unpaired) electrons. The lowest BCUT2D eigenvalue weighted by Crippen LogP contribution is -2.61. The molecule has 2 bridgehead atoms. The molecule has 134 heavy (non-hydrogen) atoms. The van der Waals surface area contributed by atoms with Gasteiger partial charge in [0.2, 0.25) is 17.6 Å². The average molecular weight is 1870 g/mol. The third-order valence-corrected chi connectivity index (χ3v) is 27.4. The van der Waals surface area contributed by atoms with Gasteiger partial charge in [-0.2, -0.15) is 10.1 Å². The average Bonchev–Trinajstić information content (AvgIpc) is 1.56. The van der Waals surface area contributed by atoms with Crippen LogP contribution in [0.25, 0.3) is 33.4 Å². The first kappa shape index (κ1) is 104. The van der Waals surface area contributed by atoms with E-state index in [2.05, 4.69) is 43.4 Å². The van der Waals surface area contributed by atoms with E-state index >= 15 is 0 Å². The van der Waals surface area contributed by atoms with Crippen LogP contribution in [0.4, 0.5) is 16.6 Å². The van der Waals surface area contributed by atoms with Crippen LogP contribution in [0, 0.1) is 35.5 Å². The molecule has 4 saturated heterocycles. The molecule has 0 unspecified atom stereocenters. The Morgan fingerprint density at radius 2 is 1.40 bits per heavy atom. The number of carbonyl (C=O) groups is 8. The number of aliphatic hydroxyl groups excluding tert-OH is 2. The summed E-state index contributed by atoms with van der Waals surface area (Å²) in [5.41, 5.74) is 27.0. The SMILES string of the molecule is CO[C@H]1C[C@@H]2CC[C@@H](C)[C@@](O)(O2)C(=O)C(=O)N2CCCC[C@H]2C(=O)O[C@H]([C@H](N)C[C@@H]2CC[C@@H](OC(=O)NCCOCCOCCOCCOCCOCCOCCC(=O)N3CCC(N4CCC(C(=O)N5CCc6cc(Cn7nc(-c8ccc9oc(N)nc9c8)c8c(N)ncnc87)ccc6C5)CC4)CC3)[C@H](OC)C2)CC(=O)[C@H](C)/C=C(\C)[C@@H](O)[C@@H](O)C(=O)[C@H](C)C[C@H](C)/C=C/C=CC=C1C. The number of benzene rings is 2. The van der Waals surface area contributed by atoms with Crippen molar-refractivity contribution in [3.05, 3.63) is 107 Å². The fourth-order valence-electron chi connectivity index (χ4n) is 19.5. The highest BCUT2D eigenvalue weighted by Crippen LogP contribution is 2.40. The maximum atomic E-state index is 14.7. The lowest BCUT2D eigenvalue weighted by atomic mass is 9.80. The summed E-state index contributed by atoms with van der Waals surface area (Å²) in [6.07, 6.45) is 12.7. The van der Waals surface area contributed by atoms with Crippen molar-refractivity contribution in [3.63, 3.8) is 0 Å². The number of alkyl carbamates (subject to hydrolysis) is 1. The topological polar surface area (TPSA) is 471 Å². The molecule has 1 aliphatic carbocycles. The van der Waals surface area contributed by atoms with Crippen molar-refractivity contribution < 1.29 is 110 Å². The minimum Gasteiger partial charge on any atom is -0.459 e. The number of rotatable bonds is 32. The maximum absolute atomic E-state index is 14.7. The van der Waals surface area contributed by atoms with Crippen molar-refractivity contribution >= 4 is 81.1 Å². The standard InChI is InChI=1S/C98H141N13O23/c1-61-14-10-9-11-15-62(2)81(123-7)56-74-22-17-66(6)98(122,134-74)90(117)94(119)110-32-13-12-16-77(110)95(120)131-82(57-78(112)63(3)51-65(5)88(115)89(116)87(114)64(4)50-61)75(99)53-67-19-23-80(83(54-67)124-8)133-97(121)102-31-39-126-41-43-128-45-47-130-49-48-129-46-44-127-42-40-125-38-30-84(113)108-36-28-73(29-37-108)107-33-25-69(26-34-107)93(118)109-35-27-70-52-68(18-20-72(70)59-109)58-111-92-85(91(100)103-60-104-92)86(106-111)71-21-24-79-76(55-71)105-96(101)132-79/h9-11,14-15,18,20-21,24,51-52,55,60-61,63-64,66-67,69,73-75,77,80-83,88-89,115-116,122H,12-13,16-17,19,22-23,25-50,53-54,56-59,99H2,1-8H3,(H2,101,105)(H,102,121)(H2,100,103,104)/b11-9?,14-10+,62-15?,65-51+/t61-,63-,64-,66-,67+,74+,75-,77+,80-,81+,82+,83-,88-,89+,98-/m1/s1. The van der Waals surface area contributed by atoms with Gasteiger partial charge in [0.25, 0.3) is 17.7 Å². The van der Waals surface area contributed by atoms with Crippen molar-refractivity contribution in [2.45, 2.75) is 237 Å². The van der Waals surface area contributed by atoms with E-state index in [0.29, 0.717) is 196 Å². The van der Waals surface area contributed by atoms with E-state index in [1.807, 2.05) is 76.9 Å². The fraction of sp³-hybridized carbons (Fsp3) is 0.653. The summed E-state index contributed by atoms with van der Waals surface area (Å²) in [6, 6.07) is 10.2. The zero-order valence-corrected chi connectivity index (χ0v) is 79.1. The molecule has 7 aliphatic rings. The largest absolute Gasteiger partial charge is 0.459 e. The zero-order valence-electron chi connectivity index (χ0n) is 79.1. The molecule has 2 aromatic carbocycles. The number of hydrogen-bond acceptors (Lipinski definition) is 31. The second-order valence-electron chi connectivity index (χ2n) is 37.0. The predicted octanol–water partition coefficient (Wildman–Crippen LogP) is 7.89. The van der Waals surface area contributed by atoms with E-state index in [9.17, 15) is 53.7 Å². The van der Waals surface area contributed by atoms with Gasteiger partial charge < -0.3 is 114 Å². The van der Waals surface area contributed by atoms with Gasteiger partial charge in [-0.15, -0.1) is 0 Å². The summed E-state index contributed by atoms with van der Waals surface area (Å²) in [6.45, 7) is 19.3. The van der Waals surface area contributed by atoms with Crippen molar-refractivity contribution in [1.82, 2.24) is 49.6 Å². The number of aliphatic hydroxyl groups is 3. The number of anilines is 2. The molecule has 12 rings (SSSR count). The minimum atomic E-state index is -2.51. The Morgan fingerprint density at radius 3 is 2.10 bits per heavy atom. The van der Waals surface area contributed by atoms with Gasteiger partial charge in [-0.05, 0) is 181 Å². The molecule has 3 aromatic heterocycles. The Bertz CT molecular complexity index is 4870. The summed E-state index contributed by atoms with van der Waals surface area (Å²) in [4.78, 5) is 133. The number of nitrogens with zero attached hydrogens (tertiary/aromatic N) is 9. The van der Waals surface area contributed by atoms with Crippen molar-refractivity contribution in [2.75, 3.05) is 151 Å². The number of carbonyl (C=O) groups excluding carboxylic acids is 8. The first-order valence-corrected chi connectivity index (χ1v) is 47.9. The monoisotopic (exact) mass is 1870 g/mol. The Morgan fingerprint density at radius 1 is 0.694 bits per heavy atom. The van der Waals surface area contributed by atoms with Crippen LogP contribution in [0.2, 0.25) is 0 Å². The smallest absolute Gasteiger partial charge is 0.407 e. The number of cyclic esters (lactones) is 1. The summed E-state index contributed by atoms with van der Waals surface area (Å²) in [7, 11) is 3.06. The first-order valence-electron chi connectivity index (χ1n) is 47.9. The van der Waals surface area contributed by atoms with E-state index in [1.54, 1.807) is 27.9 Å². The summed E-state index contributed by atoms with van der Waals surface area (Å²) < 4.78 is 71.3. The molecule has 36 heteroatoms. The summed E-state index contributed by atoms with van der Waals surface area (Å²) >= 11 is 0. The molecule has 10 N–H and O–H groups in total.